The van der Waals surface area contributed by atoms with Crippen LogP contribution in [0.25, 0.3) is 0 Å². The normalized spacial score (nSPS) is 16.2. The van der Waals surface area contributed by atoms with Crippen molar-refractivity contribution in [3.05, 3.63) is 33.3 Å². The first-order chi connectivity index (χ1) is 9.06. The van der Waals surface area contributed by atoms with Gasteiger partial charge >= 0.3 is 0 Å². The molecule has 1 saturated carbocycles. The number of nitrogens with one attached hydrogen (secondary N) is 1. The fourth-order valence-corrected chi connectivity index (χ4v) is 2.51. The van der Waals surface area contributed by atoms with Gasteiger partial charge in [-0.05, 0) is 58.8 Å². The molecule has 1 N–H and O–H groups in total. The summed E-state index contributed by atoms with van der Waals surface area (Å²) in [5, 5.41) is 3.61. The van der Waals surface area contributed by atoms with E-state index in [2.05, 4.69) is 21.2 Å². The molecule has 0 aliphatic heterocycles. The summed E-state index contributed by atoms with van der Waals surface area (Å²) in [5.41, 5.74) is 0.883. The summed E-state index contributed by atoms with van der Waals surface area (Å²) >= 11 is 9.23. The molecule has 0 radical (unpaired) electrons. The average molecular weight is 347 g/mol. The van der Waals surface area contributed by atoms with Crippen molar-refractivity contribution in [3.63, 3.8) is 0 Å². The minimum atomic E-state index is -0.0546. The molecule has 0 atom stereocenters. The topological polar surface area (TPSA) is 38.3 Å². The second-order valence-corrected chi connectivity index (χ2v) is 6.32. The quantitative estimate of drug-likeness (QED) is 0.854. The molecule has 0 bridgehead atoms. The van der Waals surface area contributed by atoms with E-state index >= 15 is 0 Å². The Morgan fingerprint density at radius 3 is 2.84 bits per heavy atom. The van der Waals surface area contributed by atoms with Gasteiger partial charge in [0.05, 0.1) is 5.02 Å². The maximum absolute atomic E-state index is 12.1. The average Bonchev–Trinajstić information content (AvgIpc) is 3.17. The Morgan fingerprint density at radius 2 is 2.26 bits per heavy atom. The predicted molar refractivity (Wildman–Crippen MR) is 79.6 cm³/mol. The third-order valence-corrected chi connectivity index (χ3v) is 4.81. The van der Waals surface area contributed by atoms with Gasteiger partial charge in [0.15, 0.2) is 0 Å². The number of methoxy groups -OCH3 is 1. The maximum atomic E-state index is 12.1. The lowest BCUT2D eigenvalue weighted by atomic mass is 10.0. The van der Waals surface area contributed by atoms with E-state index in [1.807, 2.05) is 0 Å². The summed E-state index contributed by atoms with van der Waals surface area (Å²) in [6.45, 7) is 1.47. The third-order valence-electron chi connectivity index (χ3n) is 3.60. The van der Waals surface area contributed by atoms with Crippen LogP contribution in [-0.2, 0) is 4.74 Å². The first kappa shape index (κ1) is 14.8. The number of carbonyl (C=O) groups is 1. The zero-order valence-corrected chi connectivity index (χ0v) is 13.2. The standard InChI is InChI=1S/C14H17BrClNO2/c1-19-7-6-14(4-5-14)9-17-13(18)10-2-3-12(16)11(15)8-10/h2-3,8H,4-7,9H2,1H3,(H,17,18). The number of benzene rings is 1. The summed E-state index contributed by atoms with van der Waals surface area (Å²) in [5.74, 6) is -0.0546. The van der Waals surface area contributed by atoms with E-state index in [0.29, 0.717) is 10.6 Å². The molecular formula is C14H17BrClNO2. The van der Waals surface area contributed by atoms with Crippen LogP contribution in [0.3, 0.4) is 0 Å². The van der Waals surface area contributed by atoms with Crippen molar-refractivity contribution in [2.45, 2.75) is 19.3 Å². The smallest absolute Gasteiger partial charge is 0.251 e. The Labute approximate surface area is 126 Å². The zero-order valence-electron chi connectivity index (χ0n) is 10.8. The zero-order chi connectivity index (χ0) is 13.9. The molecule has 0 heterocycles. The molecular weight excluding hydrogens is 330 g/mol. The molecule has 3 nitrogen and oxygen atoms in total. The van der Waals surface area contributed by atoms with Crippen molar-refractivity contribution >= 4 is 33.4 Å². The highest BCUT2D eigenvalue weighted by Crippen LogP contribution is 2.48. The SMILES string of the molecule is COCCC1(CNC(=O)c2ccc(Cl)c(Br)c2)CC1. The van der Waals surface area contributed by atoms with Gasteiger partial charge in [0.25, 0.3) is 5.91 Å². The molecule has 5 heteroatoms. The largest absolute Gasteiger partial charge is 0.385 e. The van der Waals surface area contributed by atoms with Gasteiger partial charge in [-0.25, -0.2) is 0 Å². The van der Waals surface area contributed by atoms with E-state index in [-0.39, 0.29) is 11.3 Å². The molecule has 1 fully saturated rings. The highest BCUT2D eigenvalue weighted by molar-refractivity contribution is 9.10. The second-order valence-electron chi connectivity index (χ2n) is 5.05. The molecule has 0 aromatic heterocycles. The predicted octanol–water partition coefficient (Wildman–Crippen LogP) is 3.65. The number of hydrogen-bond donors (Lipinski definition) is 1. The lowest BCUT2D eigenvalue weighted by molar-refractivity contribution is 0.0938. The maximum Gasteiger partial charge on any atom is 0.251 e. The van der Waals surface area contributed by atoms with Crippen molar-refractivity contribution < 1.29 is 9.53 Å². The molecule has 1 aromatic rings. The number of halogens is 2. The number of hydrogen-bond acceptors (Lipinski definition) is 2. The van der Waals surface area contributed by atoms with Crippen LogP contribution in [0, 0.1) is 5.41 Å². The molecule has 1 aliphatic carbocycles. The summed E-state index contributed by atoms with van der Waals surface area (Å²) < 4.78 is 5.84. The van der Waals surface area contributed by atoms with E-state index in [1.54, 1.807) is 25.3 Å². The molecule has 0 spiro atoms. The van der Waals surface area contributed by atoms with Gasteiger partial charge in [-0.1, -0.05) is 11.6 Å². The van der Waals surface area contributed by atoms with Crippen LogP contribution in [0.4, 0.5) is 0 Å². The molecule has 1 amide bonds. The Kier molecular flexibility index (Phi) is 4.87. The van der Waals surface area contributed by atoms with Crippen LogP contribution in [-0.4, -0.2) is 26.2 Å². The minimum Gasteiger partial charge on any atom is -0.385 e. The van der Waals surface area contributed by atoms with Gasteiger partial charge in [-0.15, -0.1) is 0 Å². The van der Waals surface area contributed by atoms with Gasteiger partial charge in [0.1, 0.15) is 0 Å². The summed E-state index contributed by atoms with van der Waals surface area (Å²) in [4.78, 5) is 12.1. The molecule has 104 valence electrons. The van der Waals surface area contributed by atoms with E-state index in [9.17, 15) is 4.79 Å². The van der Waals surface area contributed by atoms with Crippen LogP contribution in [0.2, 0.25) is 5.02 Å². The molecule has 0 saturated heterocycles. The fraction of sp³-hybridized carbons (Fsp3) is 0.500. The number of ether oxygens (including phenoxy) is 1. The van der Waals surface area contributed by atoms with Gasteiger partial charge in [-0.3, -0.25) is 4.79 Å². The summed E-state index contributed by atoms with van der Waals surface area (Å²) in [6, 6.07) is 5.20. The highest BCUT2D eigenvalue weighted by Gasteiger charge is 2.42. The third kappa shape index (κ3) is 3.94. The number of carbonyl (C=O) groups excluding carboxylic acids is 1. The summed E-state index contributed by atoms with van der Waals surface area (Å²) in [7, 11) is 1.71. The van der Waals surface area contributed by atoms with Gasteiger partial charge in [0, 0.05) is 30.3 Å². The van der Waals surface area contributed by atoms with E-state index in [4.69, 9.17) is 16.3 Å². The van der Waals surface area contributed by atoms with Crippen LogP contribution in [0.15, 0.2) is 22.7 Å². The first-order valence-corrected chi connectivity index (χ1v) is 7.46. The fourth-order valence-electron chi connectivity index (χ4n) is 2.02. The molecule has 2 rings (SSSR count). The highest BCUT2D eigenvalue weighted by atomic mass is 79.9. The monoisotopic (exact) mass is 345 g/mol. The van der Waals surface area contributed by atoms with Crippen LogP contribution in [0.1, 0.15) is 29.6 Å². The van der Waals surface area contributed by atoms with Crippen molar-refractivity contribution in [2.75, 3.05) is 20.3 Å². The van der Waals surface area contributed by atoms with E-state index in [1.165, 1.54) is 12.8 Å². The lowest BCUT2D eigenvalue weighted by Gasteiger charge is -2.15. The Hall–Kier alpha value is -0.580. The Balaban J connectivity index is 1.89. The van der Waals surface area contributed by atoms with Gasteiger partial charge in [-0.2, -0.15) is 0 Å². The van der Waals surface area contributed by atoms with Crippen molar-refractivity contribution in [3.8, 4) is 0 Å². The van der Waals surface area contributed by atoms with E-state index < -0.39 is 0 Å². The molecule has 0 unspecified atom stereocenters. The summed E-state index contributed by atoms with van der Waals surface area (Å²) in [6.07, 6.45) is 3.34. The second kappa shape index (κ2) is 6.25. The molecule has 1 aromatic carbocycles. The van der Waals surface area contributed by atoms with Crippen molar-refractivity contribution in [2.24, 2.45) is 5.41 Å². The van der Waals surface area contributed by atoms with Crippen LogP contribution >= 0.6 is 27.5 Å². The number of amides is 1. The van der Waals surface area contributed by atoms with Gasteiger partial charge < -0.3 is 10.1 Å². The Bertz CT molecular complexity index is 475. The minimum absolute atomic E-state index is 0.0546. The van der Waals surface area contributed by atoms with E-state index in [0.717, 1.165) is 24.0 Å². The lowest BCUT2D eigenvalue weighted by Crippen LogP contribution is -2.30. The molecule has 1 aliphatic rings. The molecule has 19 heavy (non-hydrogen) atoms. The Morgan fingerprint density at radius 1 is 1.53 bits per heavy atom. The van der Waals surface area contributed by atoms with Gasteiger partial charge in [0.2, 0.25) is 0 Å². The first-order valence-electron chi connectivity index (χ1n) is 6.28. The van der Waals surface area contributed by atoms with Crippen molar-refractivity contribution in [1.29, 1.82) is 0 Å². The van der Waals surface area contributed by atoms with Crippen LogP contribution in [0.5, 0.6) is 0 Å². The van der Waals surface area contributed by atoms with Crippen LogP contribution < -0.4 is 5.32 Å². The van der Waals surface area contributed by atoms with Crippen molar-refractivity contribution in [1.82, 2.24) is 5.32 Å². The number of rotatable bonds is 6.